The number of likely N-dealkylation sites (N-methyl/N-ethyl adjacent to an activating group) is 1. The van der Waals surface area contributed by atoms with Gasteiger partial charge in [-0.3, -0.25) is 4.79 Å². The summed E-state index contributed by atoms with van der Waals surface area (Å²) in [5.74, 6) is 1.29. The summed E-state index contributed by atoms with van der Waals surface area (Å²) < 4.78 is 0. The van der Waals surface area contributed by atoms with E-state index in [0.717, 1.165) is 25.3 Å². The van der Waals surface area contributed by atoms with E-state index in [0.29, 0.717) is 18.0 Å². The summed E-state index contributed by atoms with van der Waals surface area (Å²) in [5, 5.41) is 6.14. The Morgan fingerprint density at radius 3 is 2.75 bits per heavy atom. The SMILES string of the molecule is CC(C)CCNC(=O)c1ccnc(NCCN(C)C)c1. The predicted octanol–water partition coefficient (Wildman–Crippen LogP) is 1.83. The third-order valence-electron chi connectivity index (χ3n) is 2.89. The van der Waals surface area contributed by atoms with Crippen LogP contribution in [0.15, 0.2) is 18.3 Å². The van der Waals surface area contributed by atoms with Crippen LogP contribution < -0.4 is 10.6 Å². The van der Waals surface area contributed by atoms with Crippen LogP contribution in [0.3, 0.4) is 0 Å². The maximum atomic E-state index is 12.0. The number of rotatable bonds is 8. The molecule has 0 unspecified atom stereocenters. The molecule has 1 rings (SSSR count). The number of nitrogens with zero attached hydrogens (tertiary/aromatic N) is 2. The summed E-state index contributed by atoms with van der Waals surface area (Å²) in [6.07, 6.45) is 2.65. The molecular weight excluding hydrogens is 252 g/mol. The molecule has 1 aromatic rings. The van der Waals surface area contributed by atoms with Crippen molar-refractivity contribution in [3.05, 3.63) is 23.9 Å². The van der Waals surface area contributed by atoms with Crippen molar-refractivity contribution in [3.8, 4) is 0 Å². The minimum Gasteiger partial charge on any atom is -0.369 e. The fourth-order valence-electron chi connectivity index (χ4n) is 1.65. The average Bonchev–Trinajstić information content (AvgIpc) is 2.38. The summed E-state index contributed by atoms with van der Waals surface area (Å²) in [6.45, 7) is 6.73. The molecule has 0 aliphatic heterocycles. The van der Waals surface area contributed by atoms with Crippen molar-refractivity contribution in [1.82, 2.24) is 15.2 Å². The molecule has 0 aliphatic carbocycles. The first-order chi connectivity index (χ1) is 9.49. The van der Waals surface area contributed by atoms with Crippen molar-refractivity contribution in [2.75, 3.05) is 39.0 Å². The first-order valence-electron chi connectivity index (χ1n) is 7.12. The highest BCUT2D eigenvalue weighted by Crippen LogP contribution is 2.07. The minimum atomic E-state index is -0.0382. The zero-order chi connectivity index (χ0) is 15.0. The van der Waals surface area contributed by atoms with E-state index >= 15 is 0 Å². The highest BCUT2D eigenvalue weighted by molar-refractivity contribution is 5.94. The summed E-state index contributed by atoms with van der Waals surface area (Å²) >= 11 is 0. The Bertz CT molecular complexity index is 418. The fourth-order valence-corrected chi connectivity index (χ4v) is 1.65. The fraction of sp³-hybridized carbons (Fsp3) is 0.600. The third-order valence-corrected chi connectivity index (χ3v) is 2.89. The molecule has 0 radical (unpaired) electrons. The van der Waals surface area contributed by atoms with Crippen LogP contribution in [0.1, 0.15) is 30.6 Å². The third kappa shape index (κ3) is 6.52. The second-order valence-corrected chi connectivity index (χ2v) is 5.60. The molecule has 2 N–H and O–H groups in total. The topological polar surface area (TPSA) is 57.3 Å². The lowest BCUT2D eigenvalue weighted by Gasteiger charge is -2.11. The number of hydrogen-bond donors (Lipinski definition) is 2. The molecule has 0 saturated carbocycles. The van der Waals surface area contributed by atoms with Crippen molar-refractivity contribution < 1.29 is 4.79 Å². The Balaban J connectivity index is 2.47. The molecule has 5 nitrogen and oxygen atoms in total. The van der Waals surface area contributed by atoms with Crippen LogP contribution in [-0.2, 0) is 0 Å². The van der Waals surface area contributed by atoms with Gasteiger partial charge in [0.25, 0.3) is 5.91 Å². The van der Waals surface area contributed by atoms with Gasteiger partial charge in [-0.1, -0.05) is 13.8 Å². The maximum Gasteiger partial charge on any atom is 0.251 e. The molecule has 0 spiro atoms. The average molecular weight is 278 g/mol. The van der Waals surface area contributed by atoms with Crippen molar-refractivity contribution in [3.63, 3.8) is 0 Å². The second kappa shape index (κ2) is 8.53. The summed E-state index contributed by atoms with van der Waals surface area (Å²) in [4.78, 5) is 18.3. The van der Waals surface area contributed by atoms with Gasteiger partial charge in [0.1, 0.15) is 5.82 Å². The summed E-state index contributed by atoms with van der Waals surface area (Å²) in [6, 6.07) is 3.53. The Hall–Kier alpha value is -1.62. The van der Waals surface area contributed by atoms with Gasteiger partial charge in [-0.25, -0.2) is 4.98 Å². The highest BCUT2D eigenvalue weighted by Gasteiger charge is 2.06. The Morgan fingerprint density at radius 2 is 2.10 bits per heavy atom. The zero-order valence-corrected chi connectivity index (χ0v) is 12.9. The smallest absolute Gasteiger partial charge is 0.251 e. The lowest BCUT2D eigenvalue weighted by Crippen LogP contribution is -2.25. The van der Waals surface area contributed by atoms with Gasteiger partial charge in [0, 0.05) is 31.4 Å². The Morgan fingerprint density at radius 1 is 1.35 bits per heavy atom. The van der Waals surface area contributed by atoms with Gasteiger partial charge in [0.2, 0.25) is 0 Å². The first-order valence-corrected chi connectivity index (χ1v) is 7.12. The van der Waals surface area contributed by atoms with E-state index in [4.69, 9.17) is 0 Å². The van der Waals surface area contributed by atoms with Gasteiger partial charge < -0.3 is 15.5 Å². The number of carbonyl (C=O) groups excluding carboxylic acids is 1. The number of hydrogen-bond acceptors (Lipinski definition) is 4. The number of amides is 1. The Labute approximate surface area is 121 Å². The number of anilines is 1. The van der Waals surface area contributed by atoms with Crippen molar-refractivity contribution in [2.24, 2.45) is 5.92 Å². The largest absolute Gasteiger partial charge is 0.369 e. The molecular formula is C15H26N4O. The van der Waals surface area contributed by atoms with Gasteiger partial charge in [-0.05, 0) is 38.6 Å². The van der Waals surface area contributed by atoms with Crippen LogP contribution in [-0.4, -0.2) is 49.5 Å². The predicted molar refractivity (Wildman–Crippen MR) is 83.1 cm³/mol. The Kier molecular flexibility index (Phi) is 7.01. The van der Waals surface area contributed by atoms with E-state index < -0.39 is 0 Å². The van der Waals surface area contributed by atoms with Crippen molar-refractivity contribution >= 4 is 11.7 Å². The van der Waals surface area contributed by atoms with Gasteiger partial charge in [0.15, 0.2) is 0 Å². The molecule has 0 saturated heterocycles. The lowest BCUT2D eigenvalue weighted by molar-refractivity contribution is 0.0952. The van der Waals surface area contributed by atoms with E-state index in [1.807, 2.05) is 14.1 Å². The van der Waals surface area contributed by atoms with Crippen LogP contribution in [0, 0.1) is 5.92 Å². The maximum absolute atomic E-state index is 12.0. The molecule has 1 amide bonds. The van der Waals surface area contributed by atoms with Crippen LogP contribution in [0.4, 0.5) is 5.82 Å². The molecule has 20 heavy (non-hydrogen) atoms. The van der Waals surface area contributed by atoms with E-state index in [9.17, 15) is 4.79 Å². The van der Waals surface area contributed by atoms with Gasteiger partial charge in [-0.15, -0.1) is 0 Å². The van der Waals surface area contributed by atoms with E-state index in [2.05, 4.69) is 34.4 Å². The lowest BCUT2D eigenvalue weighted by atomic mass is 10.1. The second-order valence-electron chi connectivity index (χ2n) is 5.60. The number of pyridine rings is 1. The molecule has 0 aliphatic rings. The molecule has 5 heteroatoms. The van der Waals surface area contributed by atoms with Crippen LogP contribution in [0.2, 0.25) is 0 Å². The minimum absolute atomic E-state index is 0.0382. The quantitative estimate of drug-likeness (QED) is 0.762. The molecule has 0 fully saturated rings. The van der Waals surface area contributed by atoms with E-state index in [-0.39, 0.29) is 5.91 Å². The molecule has 0 atom stereocenters. The highest BCUT2D eigenvalue weighted by atomic mass is 16.1. The molecule has 112 valence electrons. The van der Waals surface area contributed by atoms with E-state index in [1.54, 1.807) is 18.3 Å². The van der Waals surface area contributed by atoms with Gasteiger partial charge in [-0.2, -0.15) is 0 Å². The monoisotopic (exact) mass is 278 g/mol. The van der Waals surface area contributed by atoms with Gasteiger partial charge >= 0.3 is 0 Å². The summed E-state index contributed by atoms with van der Waals surface area (Å²) in [5.41, 5.74) is 0.649. The number of nitrogens with one attached hydrogen (secondary N) is 2. The normalized spacial score (nSPS) is 10.9. The summed E-state index contributed by atoms with van der Waals surface area (Å²) in [7, 11) is 4.04. The van der Waals surface area contributed by atoms with Gasteiger partial charge in [0.05, 0.1) is 0 Å². The number of carbonyl (C=O) groups is 1. The first kappa shape index (κ1) is 16.4. The number of aromatic nitrogens is 1. The van der Waals surface area contributed by atoms with Crippen molar-refractivity contribution in [1.29, 1.82) is 0 Å². The van der Waals surface area contributed by atoms with E-state index in [1.165, 1.54) is 0 Å². The van der Waals surface area contributed by atoms with Crippen molar-refractivity contribution in [2.45, 2.75) is 20.3 Å². The van der Waals surface area contributed by atoms with Crippen LogP contribution in [0.5, 0.6) is 0 Å². The standard InChI is InChI=1S/C15H26N4O/c1-12(2)5-7-18-15(20)13-6-8-16-14(11-13)17-9-10-19(3)4/h6,8,11-12H,5,7,9-10H2,1-4H3,(H,16,17)(H,18,20). The molecule has 0 aromatic carbocycles. The van der Waals surface area contributed by atoms with Crippen LogP contribution in [0.25, 0.3) is 0 Å². The van der Waals surface area contributed by atoms with Crippen LogP contribution >= 0.6 is 0 Å². The molecule has 1 aromatic heterocycles. The molecule has 1 heterocycles. The zero-order valence-electron chi connectivity index (χ0n) is 12.9. The molecule has 0 bridgehead atoms.